The van der Waals surface area contributed by atoms with Crippen molar-refractivity contribution < 1.29 is 0 Å². The summed E-state index contributed by atoms with van der Waals surface area (Å²) in [4.78, 5) is 12.1. The van der Waals surface area contributed by atoms with Gasteiger partial charge in [0.1, 0.15) is 11.8 Å². The summed E-state index contributed by atoms with van der Waals surface area (Å²) in [6, 6.07) is 3.54. The fraction of sp³-hybridized carbons (Fsp3) is 0. The molecule has 2 aromatic rings. The van der Waals surface area contributed by atoms with E-state index in [9.17, 15) is 0 Å². The zero-order valence-corrected chi connectivity index (χ0v) is 8.55. The Kier molecular flexibility index (Phi) is 2.72. The van der Waals surface area contributed by atoms with E-state index in [0.29, 0.717) is 10.9 Å². The lowest BCUT2D eigenvalue weighted by molar-refractivity contribution is 0.951. The highest BCUT2D eigenvalue weighted by Crippen LogP contribution is 2.25. The summed E-state index contributed by atoms with van der Waals surface area (Å²) >= 11 is 2.88. The molecule has 0 amide bonds. The molecule has 2 aromatic heterocycles. The third-order valence-corrected chi connectivity index (χ3v) is 3.10. The molecule has 0 unspecified atom stereocenters. The largest absolute Gasteiger partial charge is 0.238 e. The van der Waals surface area contributed by atoms with Crippen LogP contribution in [-0.2, 0) is 0 Å². The maximum absolute atomic E-state index is 8.63. The molecule has 2 heterocycles. The Labute approximate surface area is 88.7 Å². The second-order valence-electron chi connectivity index (χ2n) is 2.24. The van der Waals surface area contributed by atoms with E-state index in [4.69, 9.17) is 5.26 Å². The highest BCUT2D eigenvalue weighted by Gasteiger charge is 2.03. The van der Waals surface area contributed by atoms with Gasteiger partial charge in [-0.3, -0.25) is 0 Å². The van der Waals surface area contributed by atoms with Crippen molar-refractivity contribution in [2.75, 3.05) is 0 Å². The first-order chi connectivity index (χ1) is 6.88. The van der Waals surface area contributed by atoms with E-state index < -0.39 is 0 Å². The van der Waals surface area contributed by atoms with Crippen molar-refractivity contribution in [3.8, 4) is 6.07 Å². The maximum atomic E-state index is 8.63. The van der Waals surface area contributed by atoms with E-state index in [2.05, 4.69) is 15.0 Å². The first-order valence-electron chi connectivity index (χ1n) is 3.69. The molecular formula is C8H4N4S2. The number of hydrogen-bond acceptors (Lipinski definition) is 6. The topological polar surface area (TPSA) is 62.5 Å². The van der Waals surface area contributed by atoms with Gasteiger partial charge < -0.3 is 0 Å². The van der Waals surface area contributed by atoms with Gasteiger partial charge >= 0.3 is 0 Å². The lowest BCUT2D eigenvalue weighted by Crippen LogP contribution is -1.88. The number of nitriles is 1. The van der Waals surface area contributed by atoms with Crippen molar-refractivity contribution in [3.63, 3.8) is 0 Å². The van der Waals surface area contributed by atoms with Crippen LogP contribution < -0.4 is 0 Å². The quantitative estimate of drug-likeness (QED) is 0.724. The van der Waals surface area contributed by atoms with Gasteiger partial charge in [0.05, 0.1) is 0 Å². The van der Waals surface area contributed by atoms with Crippen molar-refractivity contribution in [1.82, 2.24) is 15.0 Å². The highest BCUT2D eigenvalue weighted by atomic mass is 32.2. The van der Waals surface area contributed by atoms with Crippen molar-refractivity contribution in [2.45, 2.75) is 9.50 Å². The minimum atomic E-state index is 0.374. The van der Waals surface area contributed by atoms with Gasteiger partial charge in [-0.2, -0.15) is 5.26 Å². The Morgan fingerprint density at radius 3 is 3.00 bits per heavy atom. The molecule has 0 saturated carbocycles. The number of aromatic nitrogens is 3. The molecule has 0 atom stereocenters. The first kappa shape index (κ1) is 9.12. The highest BCUT2D eigenvalue weighted by molar-refractivity contribution is 8.00. The molecule has 4 nitrogen and oxygen atoms in total. The maximum Gasteiger partial charge on any atom is 0.195 e. The van der Waals surface area contributed by atoms with Gasteiger partial charge in [0.25, 0.3) is 0 Å². The summed E-state index contributed by atoms with van der Waals surface area (Å²) in [5.74, 6) is 0. The monoisotopic (exact) mass is 220 g/mol. The van der Waals surface area contributed by atoms with Gasteiger partial charge in [-0.05, 0) is 17.8 Å². The molecule has 0 aromatic carbocycles. The summed E-state index contributed by atoms with van der Waals surface area (Å²) in [5, 5.41) is 11.1. The molecular weight excluding hydrogens is 216 g/mol. The van der Waals surface area contributed by atoms with E-state index in [-0.39, 0.29) is 0 Å². The van der Waals surface area contributed by atoms with Crippen LogP contribution in [0.4, 0.5) is 0 Å². The molecule has 0 N–H and O–H groups in total. The predicted octanol–water partition coefficient (Wildman–Crippen LogP) is 1.96. The Morgan fingerprint density at radius 1 is 1.36 bits per heavy atom. The second-order valence-corrected chi connectivity index (χ2v) is 4.35. The molecule has 0 aliphatic carbocycles. The molecule has 0 radical (unpaired) electrons. The fourth-order valence-corrected chi connectivity index (χ4v) is 2.26. The summed E-state index contributed by atoms with van der Waals surface area (Å²) in [7, 11) is 0. The van der Waals surface area contributed by atoms with Gasteiger partial charge in [0.2, 0.25) is 0 Å². The molecule has 14 heavy (non-hydrogen) atoms. The van der Waals surface area contributed by atoms with E-state index in [1.807, 2.05) is 11.4 Å². The molecule has 0 fully saturated rings. The molecule has 0 aliphatic heterocycles. The number of hydrogen-bond donors (Lipinski definition) is 0. The Balaban J connectivity index is 2.22. The Morgan fingerprint density at radius 2 is 2.29 bits per heavy atom. The third-order valence-electron chi connectivity index (χ3n) is 1.34. The van der Waals surface area contributed by atoms with E-state index >= 15 is 0 Å². The van der Waals surface area contributed by atoms with E-state index in [0.717, 1.165) is 4.34 Å². The van der Waals surface area contributed by atoms with Crippen molar-refractivity contribution in [3.05, 3.63) is 29.5 Å². The Hall–Kier alpha value is -1.45. The molecule has 68 valence electrons. The van der Waals surface area contributed by atoms with Gasteiger partial charge in [0, 0.05) is 17.8 Å². The number of rotatable bonds is 2. The normalized spacial score (nSPS) is 9.64. The summed E-state index contributed by atoms with van der Waals surface area (Å²) in [5.41, 5.74) is 0.374. The van der Waals surface area contributed by atoms with Crippen LogP contribution in [0.3, 0.4) is 0 Å². The number of thiazole rings is 1. The first-order valence-corrected chi connectivity index (χ1v) is 5.38. The molecule has 0 bridgehead atoms. The van der Waals surface area contributed by atoms with Crippen LogP contribution in [0, 0.1) is 11.3 Å². The second kappa shape index (κ2) is 4.17. The van der Waals surface area contributed by atoms with Crippen LogP contribution in [0.2, 0.25) is 0 Å². The minimum Gasteiger partial charge on any atom is -0.238 e. The van der Waals surface area contributed by atoms with E-state index in [1.165, 1.54) is 23.1 Å². The van der Waals surface area contributed by atoms with Gasteiger partial charge in [0.15, 0.2) is 9.50 Å². The zero-order valence-electron chi connectivity index (χ0n) is 6.91. The van der Waals surface area contributed by atoms with Crippen LogP contribution in [0.5, 0.6) is 0 Å². The van der Waals surface area contributed by atoms with Crippen LogP contribution in [0.15, 0.2) is 33.3 Å². The van der Waals surface area contributed by atoms with Crippen LogP contribution in [0.25, 0.3) is 0 Å². The summed E-state index contributed by atoms with van der Waals surface area (Å²) < 4.78 is 0.875. The predicted molar refractivity (Wildman–Crippen MR) is 53.0 cm³/mol. The van der Waals surface area contributed by atoms with Crippen molar-refractivity contribution >= 4 is 23.1 Å². The lowest BCUT2D eigenvalue weighted by Gasteiger charge is -1.94. The molecule has 0 spiro atoms. The standard InChI is InChI=1S/C8H4N4S2/c9-5-6-1-2-10-7(12-6)14-8-11-3-4-13-8/h1-4H. The Bertz CT molecular complexity index is 460. The third kappa shape index (κ3) is 2.07. The van der Waals surface area contributed by atoms with Gasteiger partial charge in [-0.25, -0.2) is 15.0 Å². The minimum absolute atomic E-state index is 0.374. The smallest absolute Gasteiger partial charge is 0.195 e. The van der Waals surface area contributed by atoms with Gasteiger partial charge in [-0.1, -0.05) is 0 Å². The van der Waals surface area contributed by atoms with Crippen LogP contribution in [-0.4, -0.2) is 15.0 Å². The molecule has 0 saturated heterocycles. The SMILES string of the molecule is N#Cc1ccnc(Sc2nccs2)n1. The zero-order chi connectivity index (χ0) is 9.80. The molecule has 0 aliphatic rings. The average Bonchev–Trinajstić information content (AvgIpc) is 2.71. The van der Waals surface area contributed by atoms with Crippen LogP contribution >= 0.6 is 23.1 Å². The van der Waals surface area contributed by atoms with Crippen molar-refractivity contribution in [1.29, 1.82) is 5.26 Å². The average molecular weight is 220 g/mol. The van der Waals surface area contributed by atoms with Gasteiger partial charge in [-0.15, -0.1) is 11.3 Å². The van der Waals surface area contributed by atoms with E-state index in [1.54, 1.807) is 18.5 Å². The summed E-state index contributed by atoms with van der Waals surface area (Å²) in [6.07, 6.45) is 3.29. The van der Waals surface area contributed by atoms with Crippen LogP contribution in [0.1, 0.15) is 5.69 Å². The molecule has 2 rings (SSSR count). The fourth-order valence-electron chi connectivity index (χ4n) is 0.791. The molecule has 6 heteroatoms. The number of nitrogens with zero attached hydrogens (tertiary/aromatic N) is 4. The summed E-state index contributed by atoms with van der Waals surface area (Å²) in [6.45, 7) is 0. The van der Waals surface area contributed by atoms with Crippen molar-refractivity contribution in [2.24, 2.45) is 0 Å². The lowest BCUT2D eigenvalue weighted by atomic mass is 10.5.